The third-order valence-electron chi connectivity index (χ3n) is 4.61. The number of hydrogen-bond donors (Lipinski definition) is 0. The maximum atomic E-state index is 12.9. The molecule has 0 N–H and O–H groups in total. The molecule has 10 heteroatoms. The number of benzene rings is 2. The van der Waals surface area contributed by atoms with Gasteiger partial charge in [0, 0.05) is 40.9 Å². The van der Waals surface area contributed by atoms with Gasteiger partial charge in [-0.2, -0.15) is 4.99 Å². The molecule has 0 spiro atoms. The number of rotatable bonds is 4. The van der Waals surface area contributed by atoms with Crippen molar-refractivity contribution in [3.8, 4) is 11.5 Å². The molecule has 30 heavy (non-hydrogen) atoms. The summed E-state index contributed by atoms with van der Waals surface area (Å²) in [6, 6.07) is 9.93. The van der Waals surface area contributed by atoms with E-state index >= 15 is 0 Å². The Kier molecular flexibility index (Phi) is 4.37. The van der Waals surface area contributed by atoms with E-state index in [4.69, 9.17) is 9.47 Å². The van der Waals surface area contributed by atoms with Crippen molar-refractivity contribution < 1.29 is 19.2 Å². The lowest BCUT2D eigenvalue weighted by molar-refractivity contribution is -0.384. The Morgan fingerprint density at radius 2 is 2.00 bits per heavy atom. The highest BCUT2D eigenvalue weighted by Gasteiger charge is 2.18. The quantitative estimate of drug-likeness (QED) is 0.265. The lowest BCUT2D eigenvalue weighted by Crippen LogP contribution is -2.16. The maximum Gasteiger partial charge on any atom is 0.289 e. The minimum absolute atomic E-state index is 0.0120. The van der Waals surface area contributed by atoms with Crippen molar-refractivity contribution in [1.29, 1.82) is 0 Å². The number of aromatic nitrogens is 1. The van der Waals surface area contributed by atoms with E-state index in [1.165, 1.54) is 34.8 Å². The van der Waals surface area contributed by atoms with E-state index < -0.39 is 10.8 Å². The van der Waals surface area contributed by atoms with Crippen molar-refractivity contribution in [2.75, 3.05) is 6.79 Å². The van der Waals surface area contributed by atoms with Gasteiger partial charge < -0.3 is 14.0 Å². The Bertz CT molecular complexity index is 1430. The van der Waals surface area contributed by atoms with Gasteiger partial charge in [-0.3, -0.25) is 14.9 Å². The number of fused-ring (bicyclic) bond motifs is 3. The number of nitro benzene ring substituents is 1. The van der Waals surface area contributed by atoms with Gasteiger partial charge in [-0.05, 0) is 12.1 Å². The third kappa shape index (κ3) is 3.06. The molecule has 2 aromatic heterocycles. The molecule has 1 aliphatic rings. The van der Waals surface area contributed by atoms with Gasteiger partial charge in [0.25, 0.3) is 11.6 Å². The highest BCUT2D eigenvalue weighted by molar-refractivity contribution is 7.21. The molecule has 2 aromatic carbocycles. The number of ether oxygens (including phenoxy) is 2. The summed E-state index contributed by atoms with van der Waals surface area (Å²) in [4.78, 5) is 28.7. The Labute approximate surface area is 177 Å². The number of carbonyl (C=O) groups is 1. The van der Waals surface area contributed by atoms with Gasteiger partial charge in [0.05, 0.1) is 20.0 Å². The number of nitrogens with zero attached hydrogens (tertiary/aromatic N) is 3. The van der Waals surface area contributed by atoms with Crippen molar-refractivity contribution in [2.24, 2.45) is 4.99 Å². The van der Waals surface area contributed by atoms with Crippen LogP contribution in [0.3, 0.4) is 0 Å². The van der Waals surface area contributed by atoms with E-state index in [9.17, 15) is 14.9 Å². The fourth-order valence-electron chi connectivity index (χ4n) is 3.24. The summed E-state index contributed by atoms with van der Waals surface area (Å²) >= 11 is 2.63. The lowest BCUT2D eigenvalue weighted by Gasteiger charge is -2.02. The molecule has 0 aliphatic carbocycles. The second kappa shape index (κ2) is 7.08. The van der Waals surface area contributed by atoms with Crippen LogP contribution in [0, 0.1) is 10.1 Å². The second-order valence-electron chi connectivity index (χ2n) is 6.46. The molecule has 150 valence electrons. The van der Waals surface area contributed by atoms with Crippen LogP contribution in [0.4, 0.5) is 5.69 Å². The van der Waals surface area contributed by atoms with Crippen LogP contribution in [0.1, 0.15) is 9.67 Å². The SMILES string of the molecule is C=CCn1c(=NC(=O)c2cc3cc([N+](=O)[O-])ccc3s2)sc2cc3c(cc21)OCO3. The molecular formula is C20H13N3O5S2. The smallest absolute Gasteiger partial charge is 0.289 e. The van der Waals surface area contributed by atoms with Crippen LogP contribution in [0.2, 0.25) is 0 Å². The molecule has 1 amide bonds. The zero-order valence-electron chi connectivity index (χ0n) is 15.4. The molecule has 0 fully saturated rings. The molecule has 0 atom stereocenters. The highest BCUT2D eigenvalue weighted by Crippen LogP contribution is 2.37. The van der Waals surface area contributed by atoms with E-state index in [2.05, 4.69) is 11.6 Å². The number of allylic oxidation sites excluding steroid dienone is 1. The average molecular weight is 439 g/mol. The first kappa shape index (κ1) is 18.5. The number of thiophene rings is 1. The van der Waals surface area contributed by atoms with E-state index in [1.54, 1.807) is 18.2 Å². The summed E-state index contributed by atoms with van der Waals surface area (Å²) in [5.74, 6) is 0.920. The first-order valence-electron chi connectivity index (χ1n) is 8.84. The van der Waals surface area contributed by atoms with E-state index in [-0.39, 0.29) is 12.5 Å². The van der Waals surface area contributed by atoms with Crippen molar-refractivity contribution in [1.82, 2.24) is 4.57 Å². The molecule has 0 saturated carbocycles. The zero-order chi connectivity index (χ0) is 20.8. The Balaban J connectivity index is 1.60. The van der Waals surface area contributed by atoms with Crippen molar-refractivity contribution in [3.05, 3.63) is 68.8 Å². The Morgan fingerprint density at radius 1 is 1.20 bits per heavy atom. The van der Waals surface area contributed by atoms with Crippen LogP contribution < -0.4 is 14.3 Å². The number of amides is 1. The number of nitro groups is 1. The second-order valence-corrected chi connectivity index (χ2v) is 8.56. The van der Waals surface area contributed by atoms with Crippen molar-refractivity contribution in [2.45, 2.75) is 6.54 Å². The topological polar surface area (TPSA) is 96.0 Å². The molecule has 0 unspecified atom stereocenters. The fraction of sp³-hybridized carbons (Fsp3) is 0.100. The number of carbonyl (C=O) groups excluding carboxylic acids is 1. The van der Waals surface area contributed by atoms with Crippen molar-refractivity contribution in [3.63, 3.8) is 0 Å². The van der Waals surface area contributed by atoms with E-state index in [0.29, 0.717) is 33.1 Å². The van der Waals surface area contributed by atoms with Crippen LogP contribution >= 0.6 is 22.7 Å². The number of hydrogen-bond acceptors (Lipinski definition) is 7. The number of non-ortho nitro benzene ring substituents is 1. The lowest BCUT2D eigenvalue weighted by atomic mass is 10.2. The number of thiazole rings is 1. The van der Waals surface area contributed by atoms with Gasteiger partial charge in [0.1, 0.15) is 0 Å². The summed E-state index contributed by atoms with van der Waals surface area (Å²) in [5, 5.41) is 11.6. The van der Waals surface area contributed by atoms with Gasteiger partial charge in [-0.25, -0.2) is 0 Å². The van der Waals surface area contributed by atoms with Gasteiger partial charge in [-0.15, -0.1) is 17.9 Å². The first-order chi connectivity index (χ1) is 14.5. The Hall–Kier alpha value is -3.50. The molecule has 4 aromatic rings. The van der Waals surface area contributed by atoms with Crippen LogP contribution in [-0.2, 0) is 6.54 Å². The fourth-order valence-corrected chi connectivity index (χ4v) is 5.22. The maximum absolute atomic E-state index is 12.9. The normalized spacial score (nSPS) is 13.3. The first-order valence-corrected chi connectivity index (χ1v) is 10.5. The molecular weight excluding hydrogens is 426 g/mol. The minimum Gasteiger partial charge on any atom is -0.454 e. The largest absolute Gasteiger partial charge is 0.454 e. The van der Waals surface area contributed by atoms with Gasteiger partial charge in [0.2, 0.25) is 6.79 Å². The van der Waals surface area contributed by atoms with E-state index in [0.717, 1.165) is 14.9 Å². The summed E-state index contributed by atoms with van der Waals surface area (Å²) in [5.41, 5.74) is 0.865. The van der Waals surface area contributed by atoms with Gasteiger partial charge in [0.15, 0.2) is 16.3 Å². The summed E-state index contributed by atoms with van der Waals surface area (Å²) in [6.07, 6.45) is 1.73. The highest BCUT2D eigenvalue weighted by atomic mass is 32.1. The predicted octanol–water partition coefficient (Wildman–Crippen LogP) is 4.48. The summed E-state index contributed by atoms with van der Waals surface area (Å²) < 4.78 is 14.5. The van der Waals surface area contributed by atoms with Crippen LogP contribution in [0.25, 0.3) is 20.3 Å². The summed E-state index contributed by atoms with van der Waals surface area (Å²) in [6.45, 7) is 4.46. The van der Waals surface area contributed by atoms with E-state index in [1.807, 2.05) is 16.7 Å². The molecule has 0 bridgehead atoms. The van der Waals surface area contributed by atoms with Gasteiger partial charge in [-0.1, -0.05) is 17.4 Å². The monoisotopic (exact) mass is 439 g/mol. The molecule has 3 heterocycles. The van der Waals surface area contributed by atoms with Crippen LogP contribution in [-0.4, -0.2) is 22.2 Å². The minimum atomic E-state index is -0.455. The Morgan fingerprint density at radius 3 is 2.77 bits per heavy atom. The van der Waals surface area contributed by atoms with Crippen LogP contribution in [0.5, 0.6) is 11.5 Å². The average Bonchev–Trinajstić information content (AvgIpc) is 3.43. The van der Waals surface area contributed by atoms with Crippen molar-refractivity contribution >= 4 is 54.6 Å². The third-order valence-corrected chi connectivity index (χ3v) is 6.75. The van der Waals surface area contributed by atoms with Crippen LogP contribution in [0.15, 0.2) is 54.0 Å². The zero-order valence-corrected chi connectivity index (χ0v) is 17.0. The molecule has 0 radical (unpaired) electrons. The molecule has 8 nitrogen and oxygen atoms in total. The standard InChI is InChI=1S/C20H13N3O5S2/c1-2-5-22-13-8-14-15(28-10-27-14)9-17(13)30-20(22)21-19(24)18-7-11-6-12(23(25)26)3-4-16(11)29-18/h2-4,6-9H,1,5,10H2. The molecule has 0 saturated heterocycles. The molecule has 1 aliphatic heterocycles. The predicted molar refractivity (Wildman–Crippen MR) is 115 cm³/mol. The summed E-state index contributed by atoms with van der Waals surface area (Å²) in [7, 11) is 0. The molecule has 5 rings (SSSR count). The van der Waals surface area contributed by atoms with Gasteiger partial charge >= 0.3 is 0 Å².